The number of amides is 2. The summed E-state index contributed by atoms with van der Waals surface area (Å²) in [6, 6.07) is 5.59. The van der Waals surface area contributed by atoms with Gasteiger partial charge < -0.3 is 20.1 Å². The Hall–Kier alpha value is -2.16. The summed E-state index contributed by atoms with van der Waals surface area (Å²) < 4.78 is 20.0. The number of benzene rings is 1. The number of halogens is 1. The predicted octanol–water partition coefficient (Wildman–Crippen LogP) is 2.50. The van der Waals surface area contributed by atoms with E-state index in [2.05, 4.69) is 10.2 Å². The maximum Gasteiger partial charge on any atom is 0.414 e. The Kier molecular flexibility index (Phi) is 4.56. The Morgan fingerprint density at radius 1 is 1.35 bits per heavy atom. The van der Waals surface area contributed by atoms with Crippen LogP contribution in [0.1, 0.15) is 12.8 Å². The first-order chi connectivity index (χ1) is 12.5. The highest BCUT2D eigenvalue weighted by molar-refractivity contribution is 7.99. The lowest BCUT2D eigenvalue weighted by atomic mass is 10.2. The van der Waals surface area contributed by atoms with Gasteiger partial charge >= 0.3 is 12.2 Å². The largest absolute Gasteiger partial charge is 0.465 e. The van der Waals surface area contributed by atoms with Crippen LogP contribution in [-0.4, -0.2) is 60.1 Å². The molecule has 0 radical (unpaired) electrons. The lowest BCUT2D eigenvalue weighted by Gasteiger charge is -2.36. The van der Waals surface area contributed by atoms with Crippen molar-refractivity contribution in [1.82, 2.24) is 5.32 Å². The molecule has 3 atom stereocenters. The van der Waals surface area contributed by atoms with E-state index in [0.29, 0.717) is 23.5 Å². The van der Waals surface area contributed by atoms with Crippen molar-refractivity contribution in [2.75, 3.05) is 34.4 Å². The molecule has 3 aliphatic rings. The van der Waals surface area contributed by atoms with Crippen molar-refractivity contribution in [2.45, 2.75) is 31.0 Å². The van der Waals surface area contributed by atoms with Gasteiger partial charge in [-0.2, -0.15) is 11.8 Å². The van der Waals surface area contributed by atoms with Gasteiger partial charge in [-0.05, 0) is 31.0 Å². The van der Waals surface area contributed by atoms with Crippen molar-refractivity contribution in [3.8, 4) is 0 Å². The maximum atomic E-state index is 14.8. The molecule has 1 unspecified atom stereocenters. The summed E-state index contributed by atoms with van der Waals surface area (Å²) in [4.78, 5) is 26.1. The van der Waals surface area contributed by atoms with Gasteiger partial charge in [0.2, 0.25) is 0 Å². The fourth-order valence-electron chi connectivity index (χ4n) is 3.93. The molecule has 26 heavy (non-hydrogen) atoms. The average molecular weight is 381 g/mol. The van der Waals surface area contributed by atoms with Gasteiger partial charge in [0.1, 0.15) is 11.9 Å². The summed E-state index contributed by atoms with van der Waals surface area (Å²) in [5, 5.41) is 10.8. The van der Waals surface area contributed by atoms with Crippen LogP contribution in [0.2, 0.25) is 0 Å². The Morgan fingerprint density at radius 3 is 2.73 bits per heavy atom. The average Bonchev–Trinajstić information content (AvgIpc) is 3.09. The quantitative estimate of drug-likeness (QED) is 0.834. The minimum Gasteiger partial charge on any atom is -0.465 e. The normalized spacial score (nSPS) is 27.6. The third-order valence-corrected chi connectivity index (χ3v) is 6.36. The molecule has 3 fully saturated rings. The van der Waals surface area contributed by atoms with Gasteiger partial charge in [0.15, 0.2) is 0 Å². The molecular formula is C17H20FN3O4S. The molecule has 2 N–H and O–H groups in total. The number of carboxylic acid groups (broad SMARTS) is 1. The van der Waals surface area contributed by atoms with E-state index in [0.717, 1.165) is 24.3 Å². The zero-order chi connectivity index (χ0) is 18.3. The van der Waals surface area contributed by atoms with Crippen molar-refractivity contribution in [3.05, 3.63) is 24.0 Å². The summed E-state index contributed by atoms with van der Waals surface area (Å²) in [5.41, 5.74) is 1.02. The van der Waals surface area contributed by atoms with Gasteiger partial charge in [0.25, 0.3) is 0 Å². The van der Waals surface area contributed by atoms with Gasteiger partial charge in [-0.3, -0.25) is 4.90 Å². The minimum absolute atomic E-state index is 0.00689. The van der Waals surface area contributed by atoms with Crippen LogP contribution in [0.4, 0.5) is 25.4 Å². The third kappa shape index (κ3) is 3.15. The third-order valence-electron chi connectivity index (χ3n) is 5.12. The lowest BCUT2D eigenvalue weighted by Crippen LogP contribution is -2.43. The molecule has 3 saturated heterocycles. The summed E-state index contributed by atoms with van der Waals surface area (Å²) >= 11 is 1.93. The molecule has 7 nitrogen and oxygen atoms in total. The van der Waals surface area contributed by atoms with E-state index in [-0.39, 0.29) is 18.9 Å². The Morgan fingerprint density at radius 2 is 2.08 bits per heavy atom. The summed E-state index contributed by atoms with van der Waals surface area (Å²) in [5.74, 6) is 1.70. The second-order valence-corrected chi connectivity index (χ2v) is 7.84. The number of nitrogens with one attached hydrogen (secondary N) is 1. The second kappa shape index (κ2) is 6.86. The first-order valence-electron chi connectivity index (χ1n) is 8.63. The number of nitrogens with zero attached hydrogens (tertiary/aromatic N) is 2. The highest BCUT2D eigenvalue weighted by Crippen LogP contribution is 2.40. The van der Waals surface area contributed by atoms with E-state index in [1.807, 2.05) is 11.8 Å². The van der Waals surface area contributed by atoms with E-state index >= 15 is 0 Å². The zero-order valence-corrected chi connectivity index (χ0v) is 14.9. The van der Waals surface area contributed by atoms with Crippen molar-refractivity contribution < 1.29 is 23.8 Å². The van der Waals surface area contributed by atoms with Gasteiger partial charge in [-0.1, -0.05) is 0 Å². The molecule has 1 aromatic carbocycles. The summed E-state index contributed by atoms with van der Waals surface area (Å²) in [6.45, 7) is 0.191. The number of thioether (sulfide) groups is 1. The number of ether oxygens (including phenoxy) is 1. The Bertz CT molecular complexity index is 718. The molecule has 0 aliphatic carbocycles. The molecule has 3 aliphatic heterocycles. The standard InChI is InChI=1S/C17H20FN3O4S/c18-14-5-10(20-7-13(25-17(20)24)6-19-16(22)23)3-4-15(14)21-11-1-2-12(21)9-26-8-11/h3-5,11-13,19H,1-2,6-9H2,(H,22,23)/t11-,12+,13?. The van der Waals surface area contributed by atoms with Crippen LogP contribution < -0.4 is 15.1 Å². The highest BCUT2D eigenvalue weighted by Gasteiger charge is 2.39. The highest BCUT2D eigenvalue weighted by atomic mass is 32.2. The molecule has 1 aromatic rings. The molecule has 3 heterocycles. The first kappa shape index (κ1) is 17.3. The van der Waals surface area contributed by atoms with Crippen LogP contribution >= 0.6 is 11.8 Å². The molecule has 9 heteroatoms. The molecular weight excluding hydrogens is 361 g/mol. The summed E-state index contributed by atoms with van der Waals surface area (Å²) in [6.07, 6.45) is -0.171. The van der Waals surface area contributed by atoms with Crippen LogP contribution in [0.15, 0.2) is 18.2 Å². The van der Waals surface area contributed by atoms with Crippen LogP contribution in [0, 0.1) is 5.82 Å². The molecule has 0 saturated carbocycles. The second-order valence-electron chi connectivity index (χ2n) is 6.77. The van der Waals surface area contributed by atoms with E-state index < -0.39 is 18.3 Å². The van der Waals surface area contributed by atoms with Crippen molar-refractivity contribution in [1.29, 1.82) is 0 Å². The van der Waals surface area contributed by atoms with Gasteiger partial charge in [0.05, 0.1) is 24.5 Å². The number of hydrogen-bond donors (Lipinski definition) is 2. The van der Waals surface area contributed by atoms with Gasteiger partial charge in [-0.25, -0.2) is 14.0 Å². The molecule has 2 amide bonds. The molecule has 0 spiro atoms. The van der Waals surface area contributed by atoms with Crippen LogP contribution in [0.5, 0.6) is 0 Å². The fourth-order valence-corrected chi connectivity index (χ4v) is 5.27. The number of rotatable bonds is 4. The summed E-state index contributed by atoms with van der Waals surface area (Å²) in [7, 11) is 0. The molecule has 2 bridgehead atoms. The molecule has 0 aromatic heterocycles. The Balaban J connectivity index is 1.49. The Labute approximate surface area is 154 Å². The number of cyclic esters (lactones) is 1. The smallest absolute Gasteiger partial charge is 0.414 e. The topological polar surface area (TPSA) is 82.1 Å². The lowest BCUT2D eigenvalue weighted by molar-refractivity contribution is 0.136. The minimum atomic E-state index is -1.18. The maximum absolute atomic E-state index is 14.8. The van der Waals surface area contributed by atoms with E-state index in [9.17, 15) is 14.0 Å². The number of fused-ring (bicyclic) bond motifs is 2. The fraction of sp³-hybridized carbons (Fsp3) is 0.529. The molecule has 4 rings (SSSR count). The van der Waals surface area contributed by atoms with E-state index in [4.69, 9.17) is 9.84 Å². The zero-order valence-electron chi connectivity index (χ0n) is 14.1. The van der Waals surface area contributed by atoms with Crippen molar-refractivity contribution >= 4 is 35.3 Å². The van der Waals surface area contributed by atoms with Crippen LogP contribution in [0.3, 0.4) is 0 Å². The van der Waals surface area contributed by atoms with E-state index in [1.54, 1.807) is 12.1 Å². The van der Waals surface area contributed by atoms with Crippen LogP contribution in [-0.2, 0) is 4.74 Å². The SMILES string of the molecule is O=C(O)NCC1CN(c2ccc(N3[C@@H]4CC[C@H]3CSC4)c(F)c2)C(=O)O1. The van der Waals surface area contributed by atoms with E-state index in [1.165, 1.54) is 11.0 Å². The predicted molar refractivity (Wildman–Crippen MR) is 96.7 cm³/mol. The number of carbonyl (C=O) groups is 2. The van der Waals surface area contributed by atoms with Crippen molar-refractivity contribution in [3.63, 3.8) is 0 Å². The van der Waals surface area contributed by atoms with Gasteiger partial charge in [-0.15, -0.1) is 0 Å². The van der Waals surface area contributed by atoms with Crippen molar-refractivity contribution in [2.24, 2.45) is 0 Å². The number of carbonyl (C=O) groups excluding carboxylic acids is 1. The number of anilines is 2. The molecule has 140 valence electrons. The monoisotopic (exact) mass is 381 g/mol. The van der Waals surface area contributed by atoms with Crippen LogP contribution in [0.25, 0.3) is 0 Å². The first-order valence-corrected chi connectivity index (χ1v) is 9.79. The van der Waals surface area contributed by atoms with Gasteiger partial charge in [0, 0.05) is 23.6 Å². The number of hydrogen-bond acceptors (Lipinski definition) is 5.